The molecule has 0 saturated carbocycles. The minimum atomic E-state index is -2.13. The molecule has 2 atom stereocenters. The summed E-state index contributed by atoms with van der Waals surface area (Å²) in [5.41, 5.74) is 0. The molecule has 0 aromatic rings. The van der Waals surface area contributed by atoms with E-state index in [0.717, 1.165) is 77.2 Å². The summed E-state index contributed by atoms with van der Waals surface area (Å²) in [6, 6.07) is -0.326. The van der Waals surface area contributed by atoms with Gasteiger partial charge in [0.2, 0.25) is 0 Å². The van der Waals surface area contributed by atoms with E-state index >= 15 is 0 Å². The van der Waals surface area contributed by atoms with E-state index in [1.165, 1.54) is 57.8 Å². The molecule has 0 bridgehead atoms. The van der Waals surface area contributed by atoms with Gasteiger partial charge in [-0.25, -0.2) is 0 Å². The number of allylic oxidation sites excluding steroid dienone is 2. The SMILES string of the molecule is CCCCCC/C=C\COC(=O)CCCCCC(CN(CCCO[Si](C)(C)C(C)(C)C)C(CCCCCC)C(=O)OC/C=C/CCCCCC)O[Si](C)(C)C(C)(C)C. The van der Waals surface area contributed by atoms with Gasteiger partial charge in [0.05, 0.1) is 6.10 Å². The van der Waals surface area contributed by atoms with Gasteiger partial charge in [0, 0.05) is 26.1 Å². The van der Waals surface area contributed by atoms with Gasteiger partial charge in [0.1, 0.15) is 19.3 Å². The molecule has 0 radical (unpaired) electrons. The highest BCUT2D eigenvalue weighted by molar-refractivity contribution is 6.74. The van der Waals surface area contributed by atoms with Gasteiger partial charge in [-0.2, -0.15) is 0 Å². The molecular formula is C49H97NO6Si2. The Labute approximate surface area is 362 Å². The number of hydrogen-bond donors (Lipinski definition) is 0. The summed E-state index contributed by atoms with van der Waals surface area (Å²) in [5.74, 6) is -0.236. The zero-order chi connectivity index (χ0) is 43.9. The zero-order valence-electron chi connectivity index (χ0n) is 40.7. The summed E-state index contributed by atoms with van der Waals surface area (Å²) < 4.78 is 25.4. The number of esters is 2. The van der Waals surface area contributed by atoms with E-state index in [1.807, 2.05) is 12.2 Å². The summed E-state index contributed by atoms with van der Waals surface area (Å²) in [4.78, 5) is 29.0. The van der Waals surface area contributed by atoms with Crippen LogP contribution >= 0.6 is 0 Å². The Balaban J connectivity index is 6.01. The molecule has 58 heavy (non-hydrogen) atoms. The number of unbranched alkanes of at least 4 members (excludes halogenated alkanes) is 13. The number of hydrogen-bond acceptors (Lipinski definition) is 7. The smallest absolute Gasteiger partial charge is 0.323 e. The summed E-state index contributed by atoms with van der Waals surface area (Å²) in [7, 11) is -4.03. The standard InChI is InChI=1S/C49H97NO6Si2/c1-14-17-20-23-25-27-33-40-53-46(51)38-32-29-30-36-44(56-58(12,13)49(7,8)9)43-50(39-35-42-55-57(10,11)48(4,5)6)45(37-31-22-19-16-3)47(52)54-41-34-28-26-24-21-18-15-2/h27-28,33-34,44-45H,14-26,29-32,35-43H2,1-13H3/b33-27-,34-28+. The van der Waals surface area contributed by atoms with E-state index in [0.29, 0.717) is 32.8 Å². The number of ether oxygens (including phenoxy) is 2. The normalized spacial score (nSPS) is 14.2. The van der Waals surface area contributed by atoms with Crippen molar-refractivity contribution in [2.75, 3.05) is 32.9 Å². The number of rotatable bonds is 36. The van der Waals surface area contributed by atoms with Gasteiger partial charge in [-0.05, 0) is 87.6 Å². The predicted octanol–water partition coefficient (Wildman–Crippen LogP) is 14.5. The lowest BCUT2D eigenvalue weighted by Gasteiger charge is -2.42. The molecule has 0 aromatic heterocycles. The third kappa shape index (κ3) is 27.6. The van der Waals surface area contributed by atoms with E-state index in [1.54, 1.807) is 0 Å². The van der Waals surface area contributed by atoms with E-state index < -0.39 is 16.6 Å². The summed E-state index contributed by atoms with van der Waals surface area (Å²) >= 11 is 0. The van der Waals surface area contributed by atoms with Crippen molar-refractivity contribution in [3.05, 3.63) is 24.3 Å². The van der Waals surface area contributed by atoms with Crippen LogP contribution in [0.4, 0.5) is 0 Å². The van der Waals surface area contributed by atoms with Crippen LogP contribution in [-0.2, 0) is 27.9 Å². The maximum Gasteiger partial charge on any atom is 0.323 e. The van der Waals surface area contributed by atoms with Gasteiger partial charge < -0.3 is 18.3 Å². The molecule has 0 heterocycles. The van der Waals surface area contributed by atoms with Gasteiger partial charge in [-0.1, -0.05) is 164 Å². The van der Waals surface area contributed by atoms with E-state index in [2.05, 4.69) is 106 Å². The lowest BCUT2D eigenvalue weighted by atomic mass is 10.0. The Hall–Kier alpha value is -1.27. The number of nitrogens with zero attached hydrogens (tertiary/aromatic N) is 1. The quantitative estimate of drug-likeness (QED) is 0.0269. The van der Waals surface area contributed by atoms with Crippen LogP contribution < -0.4 is 0 Å². The van der Waals surface area contributed by atoms with Crippen LogP contribution in [-0.4, -0.2) is 78.5 Å². The van der Waals surface area contributed by atoms with Crippen LogP contribution in [0.2, 0.25) is 36.3 Å². The Bertz CT molecular complexity index is 1090. The van der Waals surface area contributed by atoms with Crippen molar-refractivity contribution in [3.63, 3.8) is 0 Å². The van der Waals surface area contributed by atoms with Crippen molar-refractivity contribution in [2.45, 2.75) is 246 Å². The Morgan fingerprint density at radius 2 is 1.09 bits per heavy atom. The molecule has 7 nitrogen and oxygen atoms in total. The van der Waals surface area contributed by atoms with Gasteiger partial charge in [-0.15, -0.1) is 0 Å². The van der Waals surface area contributed by atoms with Gasteiger partial charge in [-0.3, -0.25) is 14.5 Å². The monoisotopic (exact) mass is 852 g/mol. The number of carbonyl (C=O) groups is 2. The van der Waals surface area contributed by atoms with Crippen LogP contribution in [0, 0.1) is 0 Å². The van der Waals surface area contributed by atoms with Crippen LogP contribution in [0.5, 0.6) is 0 Å². The van der Waals surface area contributed by atoms with E-state index in [-0.39, 0.29) is 34.2 Å². The van der Waals surface area contributed by atoms with Crippen molar-refractivity contribution < 1.29 is 27.9 Å². The fraction of sp³-hybridized carbons (Fsp3) is 0.878. The van der Waals surface area contributed by atoms with Gasteiger partial charge in [0.25, 0.3) is 0 Å². The second-order valence-corrected chi connectivity index (χ2v) is 29.4. The molecule has 2 unspecified atom stereocenters. The first-order valence-corrected chi connectivity index (χ1v) is 29.8. The fourth-order valence-corrected chi connectivity index (χ4v) is 8.92. The molecule has 0 aliphatic carbocycles. The minimum Gasteiger partial charge on any atom is -0.461 e. The Morgan fingerprint density at radius 1 is 0.586 bits per heavy atom. The highest BCUT2D eigenvalue weighted by Gasteiger charge is 2.40. The zero-order valence-corrected chi connectivity index (χ0v) is 42.7. The first-order chi connectivity index (χ1) is 27.3. The molecule has 0 amide bonds. The summed E-state index contributed by atoms with van der Waals surface area (Å²) in [6.45, 7) is 32.5. The molecule has 0 aromatic carbocycles. The Morgan fingerprint density at radius 3 is 1.62 bits per heavy atom. The summed E-state index contributed by atoms with van der Waals surface area (Å²) in [6.07, 6.45) is 30.4. The van der Waals surface area contributed by atoms with E-state index in [9.17, 15) is 9.59 Å². The third-order valence-corrected chi connectivity index (χ3v) is 21.5. The fourth-order valence-electron chi connectivity index (χ4n) is 6.45. The predicted molar refractivity (Wildman–Crippen MR) is 255 cm³/mol. The average molecular weight is 852 g/mol. The molecule has 0 fully saturated rings. The maximum absolute atomic E-state index is 14.1. The van der Waals surface area contributed by atoms with Crippen molar-refractivity contribution in [3.8, 4) is 0 Å². The number of carbonyl (C=O) groups excluding carboxylic acids is 2. The van der Waals surface area contributed by atoms with Crippen molar-refractivity contribution in [2.24, 2.45) is 0 Å². The largest absolute Gasteiger partial charge is 0.461 e. The highest BCUT2D eigenvalue weighted by Crippen LogP contribution is 2.38. The molecule has 9 heteroatoms. The molecule has 0 aliphatic heterocycles. The first kappa shape index (κ1) is 56.7. The maximum atomic E-state index is 14.1. The molecule has 342 valence electrons. The molecule has 0 saturated heterocycles. The second kappa shape index (κ2) is 32.4. The molecular weight excluding hydrogens is 755 g/mol. The van der Waals surface area contributed by atoms with Crippen molar-refractivity contribution >= 4 is 28.6 Å². The van der Waals surface area contributed by atoms with Crippen LogP contribution in [0.1, 0.15) is 197 Å². The Kier molecular flexibility index (Phi) is 31.7. The van der Waals surface area contributed by atoms with Gasteiger partial charge in [0.15, 0.2) is 16.6 Å². The van der Waals surface area contributed by atoms with Crippen LogP contribution in [0.3, 0.4) is 0 Å². The highest BCUT2D eigenvalue weighted by atomic mass is 28.4. The average Bonchev–Trinajstić information content (AvgIpc) is 3.13. The molecule has 0 N–H and O–H groups in total. The molecule has 0 spiro atoms. The van der Waals surface area contributed by atoms with Crippen molar-refractivity contribution in [1.82, 2.24) is 4.90 Å². The first-order valence-electron chi connectivity index (χ1n) is 24.0. The van der Waals surface area contributed by atoms with Crippen LogP contribution in [0.25, 0.3) is 0 Å². The van der Waals surface area contributed by atoms with E-state index in [4.69, 9.17) is 18.3 Å². The molecule has 0 rings (SSSR count). The minimum absolute atomic E-state index is 0.0226. The van der Waals surface area contributed by atoms with Gasteiger partial charge >= 0.3 is 11.9 Å². The third-order valence-electron chi connectivity index (χ3n) is 12.5. The van der Waals surface area contributed by atoms with Crippen LogP contribution in [0.15, 0.2) is 24.3 Å². The molecule has 0 aliphatic rings. The summed E-state index contributed by atoms with van der Waals surface area (Å²) in [5, 5.41) is 0.202. The lowest BCUT2D eigenvalue weighted by molar-refractivity contribution is -0.150. The topological polar surface area (TPSA) is 74.3 Å². The van der Waals surface area contributed by atoms with Crippen molar-refractivity contribution in [1.29, 1.82) is 0 Å². The second-order valence-electron chi connectivity index (χ2n) is 19.9. The lowest BCUT2D eigenvalue weighted by Crippen LogP contribution is -2.51.